The molecule has 7 heteroatoms. The lowest BCUT2D eigenvalue weighted by Gasteiger charge is -2.14. The van der Waals surface area contributed by atoms with Crippen LogP contribution in [-0.4, -0.2) is 38.5 Å². The van der Waals surface area contributed by atoms with Gasteiger partial charge in [0.25, 0.3) is 0 Å². The summed E-state index contributed by atoms with van der Waals surface area (Å²) in [6.45, 7) is 6.30. The number of aromatic carboxylic acids is 1. The Labute approximate surface area is 121 Å². The molecule has 21 heavy (non-hydrogen) atoms. The van der Waals surface area contributed by atoms with E-state index in [0.717, 1.165) is 0 Å². The minimum Gasteiger partial charge on any atom is -0.478 e. The van der Waals surface area contributed by atoms with Gasteiger partial charge in [0.15, 0.2) is 0 Å². The highest BCUT2D eigenvalue weighted by Crippen LogP contribution is 2.19. The first kappa shape index (κ1) is 15.0. The highest BCUT2D eigenvalue weighted by molar-refractivity contribution is 6.00. The third kappa shape index (κ3) is 3.01. The molecule has 0 spiro atoms. The van der Waals surface area contributed by atoms with Crippen LogP contribution in [0.5, 0.6) is 0 Å². The molecular weight excluding hydrogens is 272 g/mol. The molecule has 7 nitrogen and oxygen atoms in total. The normalized spacial score (nSPS) is 12.6. The van der Waals surface area contributed by atoms with Crippen molar-refractivity contribution in [2.24, 2.45) is 5.92 Å². The number of carbonyl (C=O) groups excluding carboxylic acids is 1. The third-order valence-electron chi connectivity index (χ3n) is 3.16. The lowest BCUT2D eigenvalue weighted by molar-refractivity contribution is -0.124. The average molecular weight is 290 g/mol. The number of hydrogen-bond acceptors (Lipinski definition) is 4. The predicted molar refractivity (Wildman–Crippen MR) is 77.0 cm³/mol. The van der Waals surface area contributed by atoms with Crippen molar-refractivity contribution in [3.05, 3.63) is 23.8 Å². The second-order valence-corrected chi connectivity index (χ2v) is 5.33. The van der Waals surface area contributed by atoms with E-state index in [1.807, 2.05) is 13.8 Å². The largest absolute Gasteiger partial charge is 0.478 e. The smallest absolute Gasteiger partial charge is 0.338 e. The van der Waals surface area contributed by atoms with Crippen LogP contribution in [0.25, 0.3) is 11.0 Å². The minimum absolute atomic E-state index is 0.0774. The summed E-state index contributed by atoms with van der Waals surface area (Å²) >= 11 is 0. The van der Waals surface area contributed by atoms with E-state index in [9.17, 15) is 9.59 Å². The number of benzene rings is 1. The number of carboxylic acids is 1. The van der Waals surface area contributed by atoms with Gasteiger partial charge in [-0.05, 0) is 25.0 Å². The molecule has 2 rings (SSSR count). The zero-order chi connectivity index (χ0) is 15.6. The SMILES string of the molecule is CC(C)CNC(=O)C(C)n1nnc2c(C(=O)O)cccc21. The molecule has 1 aromatic heterocycles. The van der Waals surface area contributed by atoms with Crippen LogP contribution in [0.2, 0.25) is 0 Å². The number of hydrogen-bond donors (Lipinski definition) is 2. The number of nitrogens with one attached hydrogen (secondary N) is 1. The second-order valence-electron chi connectivity index (χ2n) is 5.33. The van der Waals surface area contributed by atoms with Crippen molar-refractivity contribution in [3.8, 4) is 0 Å². The molecule has 112 valence electrons. The first-order valence-corrected chi connectivity index (χ1v) is 6.76. The summed E-state index contributed by atoms with van der Waals surface area (Å²) in [7, 11) is 0. The molecule has 0 bridgehead atoms. The van der Waals surface area contributed by atoms with E-state index in [1.165, 1.54) is 10.7 Å². The van der Waals surface area contributed by atoms with Gasteiger partial charge >= 0.3 is 5.97 Å². The molecule has 2 N–H and O–H groups in total. The van der Waals surface area contributed by atoms with Crippen molar-refractivity contribution in [1.29, 1.82) is 0 Å². The Morgan fingerprint density at radius 2 is 2.05 bits per heavy atom. The standard InChI is InChI=1S/C14H18N4O3/c1-8(2)7-15-13(19)9(3)18-11-6-4-5-10(14(20)21)12(11)16-17-18/h4-6,8-9H,7H2,1-3H3,(H,15,19)(H,20,21). The number of fused-ring (bicyclic) bond motifs is 1. The molecule has 2 aromatic rings. The molecule has 1 amide bonds. The number of amides is 1. The molecule has 1 heterocycles. The topological polar surface area (TPSA) is 97.1 Å². The van der Waals surface area contributed by atoms with Gasteiger partial charge in [0.1, 0.15) is 11.6 Å². The van der Waals surface area contributed by atoms with Gasteiger partial charge in [-0.15, -0.1) is 5.10 Å². The first-order valence-electron chi connectivity index (χ1n) is 6.76. The summed E-state index contributed by atoms with van der Waals surface area (Å²) in [6.07, 6.45) is 0. The molecule has 0 aliphatic carbocycles. The maximum absolute atomic E-state index is 12.1. The number of carbonyl (C=O) groups is 2. The van der Waals surface area contributed by atoms with E-state index in [0.29, 0.717) is 18.0 Å². The van der Waals surface area contributed by atoms with Crippen molar-refractivity contribution in [2.75, 3.05) is 6.54 Å². The lowest BCUT2D eigenvalue weighted by Crippen LogP contribution is -2.33. The second kappa shape index (κ2) is 5.90. The summed E-state index contributed by atoms with van der Waals surface area (Å²) < 4.78 is 1.44. The van der Waals surface area contributed by atoms with Gasteiger partial charge in [-0.25, -0.2) is 9.48 Å². The number of rotatable bonds is 5. The van der Waals surface area contributed by atoms with E-state index >= 15 is 0 Å². The molecule has 1 unspecified atom stereocenters. The number of carboxylic acid groups (broad SMARTS) is 1. The minimum atomic E-state index is -1.07. The van der Waals surface area contributed by atoms with Crippen molar-refractivity contribution in [1.82, 2.24) is 20.3 Å². The summed E-state index contributed by atoms with van der Waals surface area (Å²) in [6, 6.07) is 4.23. The molecule has 0 saturated carbocycles. The Balaban J connectivity index is 2.32. The fraction of sp³-hybridized carbons (Fsp3) is 0.429. The fourth-order valence-corrected chi connectivity index (χ4v) is 1.98. The van der Waals surface area contributed by atoms with E-state index in [4.69, 9.17) is 5.11 Å². The summed E-state index contributed by atoms with van der Waals surface area (Å²) in [5, 5.41) is 19.8. The van der Waals surface area contributed by atoms with Gasteiger partial charge in [-0.2, -0.15) is 0 Å². The maximum Gasteiger partial charge on any atom is 0.338 e. The molecule has 0 aliphatic rings. The summed E-state index contributed by atoms with van der Waals surface area (Å²) in [5.41, 5.74) is 0.893. The molecular formula is C14H18N4O3. The molecule has 0 fully saturated rings. The van der Waals surface area contributed by atoms with Crippen LogP contribution in [0.15, 0.2) is 18.2 Å². The zero-order valence-corrected chi connectivity index (χ0v) is 12.2. The van der Waals surface area contributed by atoms with Crippen molar-refractivity contribution in [3.63, 3.8) is 0 Å². The Bertz CT molecular complexity index is 678. The van der Waals surface area contributed by atoms with Crippen LogP contribution >= 0.6 is 0 Å². The zero-order valence-electron chi connectivity index (χ0n) is 12.2. The van der Waals surface area contributed by atoms with Gasteiger partial charge in [0.2, 0.25) is 5.91 Å². The quantitative estimate of drug-likeness (QED) is 0.869. The molecule has 0 aliphatic heterocycles. The molecule has 0 saturated heterocycles. The maximum atomic E-state index is 12.1. The first-order chi connectivity index (χ1) is 9.91. The monoisotopic (exact) mass is 290 g/mol. The van der Waals surface area contributed by atoms with Crippen LogP contribution in [-0.2, 0) is 4.79 Å². The Kier molecular flexibility index (Phi) is 4.21. The highest BCUT2D eigenvalue weighted by Gasteiger charge is 2.21. The summed E-state index contributed by atoms with van der Waals surface area (Å²) in [4.78, 5) is 23.2. The van der Waals surface area contributed by atoms with Crippen LogP contribution < -0.4 is 5.32 Å². The van der Waals surface area contributed by atoms with E-state index < -0.39 is 12.0 Å². The average Bonchev–Trinajstić information content (AvgIpc) is 2.87. The highest BCUT2D eigenvalue weighted by atomic mass is 16.4. The van der Waals surface area contributed by atoms with E-state index in [1.54, 1.807) is 19.1 Å². The van der Waals surface area contributed by atoms with Gasteiger partial charge in [-0.3, -0.25) is 4.79 Å². The Morgan fingerprint density at radius 3 is 2.67 bits per heavy atom. The predicted octanol–water partition coefficient (Wildman–Crippen LogP) is 1.46. The van der Waals surface area contributed by atoms with Crippen molar-refractivity contribution < 1.29 is 14.7 Å². The van der Waals surface area contributed by atoms with Gasteiger partial charge in [0.05, 0.1) is 11.1 Å². The Hall–Kier alpha value is -2.44. The van der Waals surface area contributed by atoms with E-state index in [2.05, 4.69) is 15.6 Å². The molecule has 1 aromatic carbocycles. The van der Waals surface area contributed by atoms with Gasteiger partial charge < -0.3 is 10.4 Å². The van der Waals surface area contributed by atoms with Crippen LogP contribution in [0.1, 0.15) is 37.2 Å². The van der Waals surface area contributed by atoms with E-state index in [-0.39, 0.29) is 17.0 Å². The van der Waals surface area contributed by atoms with Gasteiger partial charge in [-0.1, -0.05) is 25.1 Å². The summed E-state index contributed by atoms with van der Waals surface area (Å²) in [5.74, 6) is -0.881. The molecule has 0 radical (unpaired) electrons. The number of aromatic nitrogens is 3. The van der Waals surface area contributed by atoms with Crippen LogP contribution in [0, 0.1) is 5.92 Å². The third-order valence-corrected chi connectivity index (χ3v) is 3.16. The number of nitrogens with zero attached hydrogens (tertiary/aromatic N) is 3. The van der Waals surface area contributed by atoms with Crippen LogP contribution in [0.4, 0.5) is 0 Å². The van der Waals surface area contributed by atoms with Crippen LogP contribution in [0.3, 0.4) is 0 Å². The lowest BCUT2D eigenvalue weighted by atomic mass is 10.1. The van der Waals surface area contributed by atoms with Gasteiger partial charge in [0, 0.05) is 6.54 Å². The van der Waals surface area contributed by atoms with Crippen molar-refractivity contribution >= 4 is 22.9 Å². The van der Waals surface area contributed by atoms with Crippen molar-refractivity contribution in [2.45, 2.75) is 26.8 Å². The fourth-order valence-electron chi connectivity index (χ4n) is 1.98. The molecule has 1 atom stereocenters. The Morgan fingerprint density at radius 1 is 1.33 bits per heavy atom.